The van der Waals surface area contributed by atoms with Gasteiger partial charge >= 0.3 is 6.18 Å². The van der Waals surface area contributed by atoms with Crippen molar-refractivity contribution in [3.8, 4) is 17.1 Å². The first-order valence-electron chi connectivity index (χ1n) is 9.78. The van der Waals surface area contributed by atoms with Crippen LogP contribution in [0.1, 0.15) is 5.56 Å². The van der Waals surface area contributed by atoms with Gasteiger partial charge in [0, 0.05) is 21.3 Å². The number of anilines is 1. The fraction of sp³-hybridized carbons (Fsp3) is 0.0870. The number of alkyl halides is 3. The van der Waals surface area contributed by atoms with E-state index in [2.05, 4.69) is 15.5 Å². The molecule has 11 heteroatoms. The van der Waals surface area contributed by atoms with Gasteiger partial charge in [-0.2, -0.15) is 13.2 Å². The maximum atomic E-state index is 13.3. The molecule has 0 saturated heterocycles. The van der Waals surface area contributed by atoms with E-state index < -0.39 is 17.6 Å². The van der Waals surface area contributed by atoms with Gasteiger partial charge in [-0.05, 0) is 54.6 Å². The smallest absolute Gasteiger partial charge is 0.325 e. The van der Waals surface area contributed by atoms with Gasteiger partial charge < -0.3 is 5.32 Å². The third-order valence-electron chi connectivity index (χ3n) is 4.64. The Morgan fingerprint density at radius 1 is 0.941 bits per heavy atom. The van der Waals surface area contributed by atoms with Gasteiger partial charge in [0.1, 0.15) is 0 Å². The summed E-state index contributed by atoms with van der Waals surface area (Å²) in [5.41, 5.74) is 0.134. The Kier molecular flexibility index (Phi) is 7.16. The van der Waals surface area contributed by atoms with Crippen molar-refractivity contribution in [2.75, 3.05) is 11.1 Å². The molecular weight excluding hydrogens is 508 g/mol. The van der Waals surface area contributed by atoms with E-state index in [4.69, 9.17) is 23.2 Å². The first-order chi connectivity index (χ1) is 16.2. The lowest BCUT2D eigenvalue weighted by Crippen LogP contribution is -2.18. The molecule has 0 fully saturated rings. The summed E-state index contributed by atoms with van der Waals surface area (Å²) in [5, 5.41) is 11.7. The minimum Gasteiger partial charge on any atom is -0.325 e. The van der Waals surface area contributed by atoms with E-state index in [9.17, 15) is 18.0 Å². The normalized spacial score (nSPS) is 11.4. The molecule has 0 aliphatic rings. The van der Waals surface area contributed by atoms with Gasteiger partial charge in [-0.25, -0.2) is 0 Å². The monoisotopic (exact) mass is 522 g/mol. The molecule has 0 aliphatic heterocycles. The Morgan fingerprint density at radius 3 is 2.29 bits per heavy atom. The number of para-hydroxylation sites is 1. The first kappa shape index (κ1) is 24.1. The topological polar surface area (TPSA) is 59.8 Å². The lowest BCUT2D eigenvalue weighted by Gasteiger charge is -2.14. The molecule has 5 nitrogen and oxygen atoms in total. The van der Waals surface area contributed by atoms with Crippen LogP contribution in [0.3, 0.4) is 0 Å². The van der Waals surface area contributed by atoms with E-state index in [1.807, 2.05) is 30.3 Å². The molecule has 0 spiro atoms. The second-order valence-corrected chi connectivity index (χ2v) is 8.82. The van der Waals surface area contributed by atoms with Crippen molar-refractivity contribution < 1.29 is 18.0 Å². The molecule has 4 rings (SSSR count). The van der Waals surface area contributed by atoms with E-state index in [1.165, 1.54) is 6.07 Å². The van der Waals surface area contributed by atoms with Crippen molar-refractivity contribution in [1.82, 2.24) is 14.8 Å². The third-order valence-corrected chi connectivity index (χ3v) is 6.06. The molecule has 3 aromatic carbocycles. The summed E-state index contributed by atoms with van der Waals surface area (Å²) in [6, 6.07) is 19.5. The number of aromatic nitrogens is 3. The summed E-state index contributed by atoms with van der Waals surface area (Å²) in [6.45, 7) is 0. The highest BCUT2D eigenvalue weighted by molar-refractivity contribution is 7.99. The molecule has 4 aromatic rings. The number of carbonyl (C=O) groups excluding carboxylic acids is 1. The standard InChI is InChI=1S/C23H15Cl2F3N4OS/c24-15-8-6-14(7-9-15)21-30-31-22(32(21)17-4-2-1-3-5-17)34-13-20(33)29-19-11-10-16(25)12-18(19)23(26,27)28/h1-12H,13H2,(H,29,33). The van der Waals surface area contributed by atoms with Crippen LogP contribution in [0.5, 0.6) is 0 Å². The second kappa shape index (κ2) is 10.1. The lowest BCUT2D eigenvalue weighted by molar-refractivity contribution is -0.137. The minimum absolute atomic E-state index is 0.0783. The van der Waals surface area contributed by atoms with Gasteiger partial charge in [0.05, 0.1) is 17.0 Å². The molecule has 174 valence electrons. The number of hydrogen-bond acceptors (Lipinski definition) is 4. The molecule has 0 bridgehead atoms. The van der Waals surface area contributed by atoms with Crippen molar-refractivity contribution in [2.24, 2.45) is 0 Å². The van der Waals surface area contributed by atoms with Crippen LogP contribution >= 0.6 is 35.0 Å². The van der Waals surface area contributed by atoms with E-state index in [0.29, 0.717) is 16.0 Å². The number of benzene rings is 3. The van der Waals surface area contributed by atoms with Gasteiger partial charge in [0.2, 0.25) is 5.91 Å². The number of halogens is 5. The summed E-state index contributed by atoms with van der Waals surface area (Å²) in [5.74, 6) is -0.290. The molecule has 1 heterocycles. The van der Waals surface area contributed by atoms with Crippen LogP contribution in [0.25, 0.3) is 17.1 Å². The lowest BCUT2D eigenvalue weighted by atomic mass is 10.1. The van der Waals surface area contributed by atoms with Crippen LogP contribution in [-0.2, 0) is 11.0 Å². The molecule has 1 N–H and O–H groups in total. The Labute approximate surface area is 206 Å². The highest BCUT2D eigenvalue weighted by Crippen LogP contribution is 2.36. The van der Waals surface area contributed by atoms with Gasteiger partial charge in [-0.1, -0.05) is 53.2 Å². The largest absolute Gasteiger partial charge is 0.418 e. The van der Waals surface area contributed by atoms with Gasteiger partial charge in [0.15, 0.2) is 11.0 Å². The Morgan fingerprint density at radius 2 is 1.62 bits per heavy atom. The summed E-state index contributed by atoms with van der Waals surface area (Å²) < 4.78 is 41.7. The number of nitrogens with one attached hydrogen (secondary N) is 1. The fourth-order valence-electron chi connectivity index (χ4n) is 3.14. The molecule has 0 aliphatic carbocycles. The number of amides is 1. The van der Waals surface area contributed by atoms with Gasteiger partial charge in [-0.15, -0.1) is 10.2 Å². The number of nitrogens with zero attached hydrogens (tertiary/aromatic N) is 3. The van der Waals surface area contributed by atoms with Crippen molar-refractivity contribution in [1.29, 1.82) is 0 Å². The van der Waals surface area contributed by atoms with Crippen molar-refractivity contribution in [3.63, 3.8) is 0 Å². The maximum Gasteiger partial charge on any atom is 0.418 e. The average molecular weight is 523 g/mol. The number of rotatable bonds is 6. The predicted molar refractivity (Wildman–Crippen MR) is 128 cm³/mol. The first-order valence-corrected chi connectivity index (χ1v) is 11.5. The molecule has 0 unspecified atom stereocenters. The zero-order valence-electron chi connectivity index (χ0n) is 17.2. The van der Waals surface area contributed by atoms with Crippen LogP contribution in [0.2, 0.25) is 10.0 Å². The molecular formula is C23H15Cl2F3N4OS. The summed E-state index contributed by atoms with van der Waals surface area (Å²) in [6.07, 6.45) is -4.67. The molecule has 1 aromatic heterocycles. The zero-order chi connectivity index (χ0) is 24.3. The second-order valence-electron chi connectivity index (χ2n) is 7.01. The van der Waals surface area contributed by atoms with Crippen LogP contribution in [-0.4, -0.2) is 26.4 Å². The SMILES string of the molecule is O=C(CSc1nnc(-c2ccc(Cl)cc2)n1-c1ccccc1)Nc1ccc(Cl)cc1C(F)(F)F. The van der Waals surface area contributed by atoms with Crippen molar-refractivity contribution >= 4 is 46.6 Å². The van der Waals surface area contributed by atoms with E-state index in [1.54, 1.807) is 28.8 Å². The summed E-state index contributed by atoms with van der Waals surface area (Å²) in [7, 11) is 0. The van der Waals surface area contributed by atoms with Crippen LogP contribution in [0, 0.1) is 0 Å². The van der Waals surface area contributed by atoms with Gasteiger partial charge in [-0.3, -0.25) is 9.36 Å². The number of carbonyl (C=O) groups is 1. The highest BCUT2D eigenvalue weighted by Gasteiger charge is 2.34. The fourth-order valence-corrected chi connectivity index (χ4v) is 4.19. The molecule has 0 atom stereocenters. The number of thioether (sulfide) groups is 1. The van der Waals surface area contributed by atoms with Crippen LogP contribution in [0.4, 0.5) is 18.9 Å². The Balaban J connectivity index is 1.58. The molecule has 0 radical (unpaired) electrons. The highest BCUT2D eigenvalue weighted by atomic mass is 35.5. The Hall–Kier alpha value is -3.01. The average Bonchev–Trinajstić information content (AvgIpc) is 3.23. The van der Waals surface area contributed by atoms with E-state index >= 15 is 0 Å². The molecule has 1 amide bonds. The van der Waals surface area contributed by atoms with Crippen molar-refractivity contribution in [3.05, 3.63) is 88.4 Å². The quantitative estimate of drug-likeness (QED) is 0.277. The van der Waals surface area contributed by atoms with E-state index in [0.717, 1.165) is 35.1 Å². The zero-order valence-corrected chi connectivity index (χ0v) is 19.5. The van der Waals surface area contributed by atoms with Crippen LogP contribution in [0.15, 0.2) is 78.0 Å². The molecule has 0 saturated carbocycles. The number of hydrogen-bond donors (Lipinski definition) is 1. The van der Waals surface area contributed by atoms with E-state index in [-0.39, 0.29) is 16.5 Å². The van der Waals surface area contributed by atoms with Gasteiger partial charge in [0.25, 0.3) is 0 Å². The molecule has 34 heavy (non-hydrogen) atoms. The minimum atomic E-state index is -4.67. The Bertz CT molecular complexity index is 1310. The third kappa shape index (κ3) is 5.55. The van der Waals surface area contributed by atoms with Crippen LogP contribution < -0.4 is 5.32 Å². The van der Waals surface area contributed by atoms with Crippen molar-refractivity contribution in [2.45, 2.75) is 11.3 Å². The maximum absolute atomic E-state index is 13.3. The summed E-state index contributed by atoms with van der Waals surface area (Å²) in [4.78, 5) is 12.5. The predicted octanol–water partition coefficient (Wildman–Crippen LogP) is 6.99. The summed E-state index contributed by atoms with van der Waals surface area (Å²) >= 11 is 12.7.